The van der Waals surface area contributed by atoms with Crippen LogP contribution in [0.4, 0.5) is 5.69 Å². The molecule has 106 valence electrons. The van der Waals surface area contributed by atoms with Crippen LogP contribution < -0.4 is 15.8 Å². The maximum Gasteiger partial charge on any atom is 0.141 e. The third-order valence-corrected chi connectivity index (χ3v) is 4.23. The monoisotopic (exact) mass is 354 g/mol. The van der Waals surface area contributed by atoms with Gasteiger partial charge in [-0.15, -0.1) is 0 Å². The number of methoxy groups -OCH3 is 1. The summed E-state index contributed by atoms with van der Waals surface area (Å²) in [5.74, 6) is 0.791. The van der Waals surface area contributed by atoms with E-state index in [0.717, 1.165) is 21.5 Å². The third-order valence-electron chi connectivity index (χ3n) is 3.02. The second kappa shape index (κ2) is 6.97. The van der Waals surface area contributed by atoms with E-state index < -0.39 is 0 Å². The summed E-state index contributed by atoms with van der Waals surface area (Å²) in [4.78, 5) is 0. The van der Waals surface area contributed by atoms with Crippen molar-refractivity contribution in [3.05, 3.63) is 57.5 Å². The molecule has 2 aromatic rings. The van der Waals surface area contributed by atoms with E-state index in [0.29, 0.717) is 11.6 Å². The van der Waals surface area contributed by atoms with Gasteiger partial charge in [0.05, 0.1) is 23.9 Å². The van der Waals surface area contributed by atoms with Crippen LogP contribution in [0.3, 0.4) is 0 Å². The molecule has 0 fully saturated rings. The van der Waals surface area contributed by atoms with Gasteiger partial charge in [0, 0.05) is 11.0 Å². The first-order valence-corrected chi connectivity index (χ1v) is 7.37. The number of halogens is 2. The fourth-order valence-corrected chi connectivity index (χ4v) is 2.47. The van der Waals surface area contributed by atoms with Crippen molar-refractivity contribution in [2.24, 2.45) is 5.73 Å². The van der Waals surface area contributed by atoms with Gasteiger partial charge in [-0.1, -0.05) is 29.8 Å². The molecule has 0 amide bonds. The Morgan fingerprint density at radius 3 is 2.70 bits per heavy atom. The Kier molecular flexibility index (Phi) is 5.29. The molecule has 0 aliphatic rings. The molecule has 0 bridgehead atoms. The molecule has 0 aromatic heterocycles. The number of anilines is 1. The molecule has 5 heteroatoms. The van der Waals surface area contributed by atoms with Crippen LogP contribution in [0.2, 0.25) is 5.02 Å². The average Bonchev–Trinajstić information content (AvgIpc) is 2.48. The number of hydrogen-bond donors (Lipinski definition) is 2. The highest BCUT2D eigenvalue weighted by Gasteiger charge is 2.13. The van der Waals surface area contributed by atoms with Gasteiger partial charge in [0.25, 0.3) is 0 Å². The second-order valence-corrected chi connectivity index (χ2v) is 5.57. The van der Waals surface area contributed by atoms with Gasteiger partial charge in [0.15, 0.2) is 0 Å². The normalized spacial score (nSPS) is 12.0. The number of rotatable bonds is 5. The Labute approximate surface area is 132 Å². The molecule has 0 radical (unpaired) electrons. The fraction of sp³-hybridized carbons (Fsp3) is 0.200. The standard InChI is InChI=1S/C15H16BrClN2O/c1-20-15-5-3-2-4-13(15)19-14(9-18)10-6-7-12(17)11(16)8-10/h2-8,14,19H,9,18H2,1H3. The SMILES string of the molecule is COc1ccccc1NC(CN)c1ccc(Cl)c(Br)c1. The quantitative estimate of drug-likeness (QED) is 0.844. The topological polar surface area (TPSA) is 47.3 Å². The predicted octanol–water partition coefficient (Wildman–Crippen LogP) is 4.22. The number of para-hydroxylation sites is 2. The van der Waals surface area contributed by atoms with Crippen molar-refractivity contribution in [1.82, 2.24) is 0 Å². The minimum Gasteiger partial charge on any atom is -0.495 e. The van der Waals surface area contributed by atoms with Crippen LogP contribution in [0.5, 0.6) is 5.75 Å². The molecule has 2 aromatic carbocycles. The van der Waals surface area contributed by atoms with Crippen LogP contribution >= 0.6 is 27.5 Å². The molecule has 20 heavy (non-hydrogen) atoms. The van der Waals surface area contributed by atoms with Gasteiger partial charge in [0.1, 0.15) is 5.75 Å². The zero-order valence-corrected chi connectivity index (χ0v) is 13.4. The Balaban J connectivity index is 2.26. The van der Waals surface area contributed by atoms with Crippen LogP contribution in [-0.2, 0) is 0 Å². The Morgan fingerprint density at radius 1 is 1.30 bits per heavy atom. The van der Waals surface area contributed by atoms with Crippen LogP contribution in [0.25, 0.3) is 0 Å². The van der Waals surface area contributed by atoms with E-state index >= 15 is 0 Å². The van der Waals surface area contributed by atoms with Crippen molar-refractivity contribution < 1.29 is 4.74 Å². The van der Waals surface area contributed by atoms with Crippen molar-refractivity contribution in [2.75, 3.05) is 19.0 Å². The first kappa shape index (κ1) is 15.2. The number of benzene rings is 2. The minimum absolute atomic E-state index is 0.0140. The van der Waals surface area contributed by atoms with Crippen LogP contribution in [-0.4, -0.2) is 13.7 Å². The molecule has 3 N–H and O–H groups in total. The lowest BCUT2D eigenvalue weighted by atomic mass is 10.1. The Morgan fingerprint density at radius 2 is 2.05 bits per heavy atom. The summed E-state index contributed by atoms with van der Waals surface area (Å²) in [6.07, 6.45) is 0. The highest BCUT2D eigenvalue weighted by Crippen LogP contribution is 2.30. The molecule has 1 unspecified atom stereocenters. The molecule has 0 aliphatic carbocycles. The van der Waals surface area contributed by atoms with Gasteiger partial charge in [-0.2, -0.15) is 0 Å². The van der Waals surface area contributed by atoms with Gasteiger partial charge >= 0.3 is 0 Å². The summed E-state index contributed by atoms with van der Waals surface area (Å²) in [6.45, 7) is 0.464. The molecule has 0 heterocycles. The largest absolute Gasteiger partial charge is 0.495 e. The van der Waals surface area contributed by atoms with E-state index in [4.69, 9.17) is 22.1 Å². The first-order valence-electron chi connectivity index (χ1n) is 6.20. The molecule has 1 atom stereocenters. The molecule has 0 saturated carbocycles. The molecule has 0 saturated heterocycles. The fourth-order valence-electron chi connectivity index (χ4n) is 1.96. The summed E-state index contributed by atoms with van der Waals surface area (Å²) in [5.41, 5.74) is 7.86. The molecule has 2 rings (SSSR count). The predicted molar refractivity (Wildman–Crippen MR) is 87.6 cm³/mol. The summed E-state index contributed by atoms with van der Waals surface area (Å²) in [6, 6.07) is 13.5. The summed E-state index contributed by atoms with van der Waals surface area (Å²) >= 11 is 9.45. The maximum atomic E-state index is 6.02. The maximum absolute atomic E-state index is 6.02. The Bertz CT molecular complexity index is 592. The van der Waals surface area contributed by atoms with Gasteiger partial charge in [-0.3, -0.25) is 0 Å². The summed E-state index contributed by atoms with van der Waals surface area (Å²) in [5, 5.41) is 4.08. The van der Waals surface area contributed by atoms with Gasteiger partial charge in [0.2, 0.25) is 0 Å². The molecular formula is C15H16BrClN2O. The minimum atomic E-state index is -0.0140. The highest BCUT2D eigenvalue weighted by molar-refractivity contribution is 9.10. The van der Waals surface area contributed by atoms with E-state index in [1.807, 2.05) is 42.5 Å². The van der Waals surface area contributed by atoms with E-state index in [9.17, 15) is 0 Å². The number of hydrogen-bond acceptors (Lipinski definition) is 3. The Hall–Kier alpha value is -1.23. The molecular weight excluding hydrogens is 340 g/mol. The lowest BCUT2D eigenvalue weighted by Crippen LogP contribution is -2.20. The number of nitrogens with two attached hydrogens (primary N) is 1. The zero-order valence-electron chi connectivity index (χ0n) is 11.1. The highest BCUT2D eigenvalue weighted by atomic mass is 79.9. The van der Waals surface area contributed by atoms with Crippen molar-refractivity contribution >= 4 is 33.2 Å². The zero-order chi connectivity index (χ0) is 14.5. The lowest BCUT2D eigenvalue weighted by molar-refractivity contribution is 0.416. The van der Waals surface area contributed by atoms with Crippen LogP contribution in [0.1, 0.15) is 11.6 Å². The van der Waals surface area contributed by atoms with Crippen LogP contribution in [0, 0.1) is 0 Å². The summed E-state index contributed by atoms with van der Waals surface area (Å²) < 4.78 is 6.19. The van der Waals surface area contributed by atoms with Gasteiger partial charge in [-0.05, 0) is 45.8 Å². The lowest BCUT2D eigenvalue weighted by Gasteiger charge is -2.20. The molecule has 3 nitrogen and oxygen atoms in total. The van der Waals surface area contributed by atoms with Gasteiger partial charge in [-0.25, -0.2) is 0 Å². The van der Waals surface area contributed by atoms with E-state index in [-0.39, 0.29) is 6.04 Å². The van der Waals surface area contributed by atoms with Crippen molar-refractivity contribution in [2.45, 2.75) is 6.04 Å². The number of ether oxygens (including phenoxy) is 1. The van der Waals surface area contributed by atoms with E-state index in [2.05, 4.69) is 21.2 Å². The summed E-state index contributed by atoms with van der Waals surface area (Å²) in [7, 11) is 1.65. The number of nitrogens with one attached hydrogen (secondary N) is 1. The van der Waals surface area contributed by atoms with E-state index in [1.54, 1.807) is 7.11 Å². The van der Waals surface area contributed by atoms with Crippen molar-refractivity contribution in [1.29, 1.82) is 0 Å². The van der Waals surface area contributed by atoms with E-state index in [1.165, 1.54) is 0 Å². The first-order chi connectivity index (χ1) is 9.65. The molecule has 0 aliphatic heterocycles. The third kappa shape index (κ3) is 3.45. The van der Waals surface area contributed by atoms with Crippen molar-refractivity contribution in [3.8, 4) is 5.75 Å². The van der Waals surface area contributed by atoms with Crippen molar-refractivity contribution in [3.63, 3.8) is 0 Å². The van der Waals surface area contributed by atoms with Gasteiger partial charge < -0.3 is 15.8 Å². The average molecular weight is 356 g/mol. The molecule has 0 spiro atoms. The second-order valence-electron chi connectivity index (χ2n) is 4.31. The van der Waals surface area contributed by atoms with Crippen LogP contribution in [0.15, 0.2) is 46.9 Å². The smallest absolute Gasteiger partial charge is 0.141 e.